The van der Waals surface area contributed by atoms with Gasteiger partial charge in [0.2, 0.25) is 5.95 Å². The zero-order chi connectivity index (χ0) is 13.3. The lowest BCUT2D eigenvalue weighted by atomic mass is 10.1. The van der Waals surface area contributed by atoms with Crippen LogP contribution in [0.5, 0.6) is 0 Å². The summed E-state index contributed by atoms with van der Waals surface area (Å²) in [5.41, 5.74) is 5.15. The zero-order valence-corrected chi connectivity index (χ0v) is 9.63. The minimum atomic E-state index is -4.41. The van der Waals surface area contributed by atoms with Gasteiger partial charge in [-0.1, -0.05) is 23.7 Å². The number of anilines is 1. The fraction of sp³-hybridized carbons (Fsp3) is 0.0909. The Morgan fingerprint density at radius 2 is 1.94 bits per heavy atom. The third-order valence-electron chi connectivity index (χ3n) is 2.26. The van der Waals surface area contributed by atoms with E-state index in [2.05, 4.69) is 9.97 Å². The lowest BCUT2D eigenvalue weighted by Crippen LogP contribution is -2.04. The topological polar surface area (TPSA) is 51.8 Å². The van der Waals surface area contributed by atoms with Crippen LogP contribution < -0.4 is 5.73 Å². The molecule has 1 aromatic carbocycles. The van der Waals surface area contributed by atoms with E-state index < -0.39 is 11.7 Å². The van der Waals surface area contributed by atoms with Gasteiger partial charge in [-0.2, -0.15) is 13.2 Å². The first kappa shape index (κ1) is 12.6. The molecule has 0 amide bonds. The molecule has 0 aliphatic heterocycles. The van der Waals surface area contributed by atoms with Crippen LogP contribution in [0.2, 0.25) is 5.15 Å². The summed E-state index contributed by atoms with van der Waals surface area (Å²) in [6, 6.07) is 4.76. The molecular formula is C11H7ClF3N3. The smallest absolute Gasteiger partial charge is 0.368 e. The summed E-state index contributed by atoms with van der Waals surface area (Å²) in [5, 5.41) is 0.0156. The van der Waals surface area contributed by atoms with Crippen LogP contribution in [0.25, 0.3) is 11.1 Å². The average molecular weight is 274 g/mol. The molecule has 1 heterocycles. The van der Waals surface area contributed by atoms with Crippen molar-refractivity contribution in [1.29, 1.82) is 0 Å². The van der Waals surface area contributed by atoms with Crippen molar-refractivity contribution in [3.63, 3.8) is 0 Å². The van der Waals surface area contributed by atoms with Gasteiger partial charge in [-0.15, -0.1) is 0 Å². The second kappa shape index (κ2) is 4.45. The Labute approximate surface area is 105 Å². The fourth-order valence-corrected chi connectivity index (χ4v) is 1.67. The molecule has 3 nitrogen and oxygen atoms in total. The van der Waals surface area contributed by atoms with E-state index in [0.29, 0.717) is 5.56 Å². The molecule has 2 aromatic rings. The first-order valence-corrected chi connectivity index (χ1v) is 5.21. The van der Waals surface area contributed by atoms with E-state index in [-0.39, 0.29) is 16.7 Å². The van der Waals surface area contributed by atoms with Gasteiger partial charge >= 0.3 is 6.18 Å². The number of rotatable bonds is 1. The summed E-state index contributed by atoms with van der Waals surface area (Å²) in [7, 11) is 0. The molecule has 0 saturated carbocycles. The molecule has 0 unspecified atom stereocenters. The monoisotopic (exact) mass is 273 g/mol. The van der Waals surface area contributed by atoms with Gasteiger partial charge in [0.05, 0.1) is 5.56 Å². The van der Waals surface area contributed by atoms with Crippen molar-refractivity contribution in [3.8, 4) is 11.1 Å². The molecule has 18 heavy (non-hydrogen) atoms. The first-order valence-electron chi connectivity index (χ1n) is 4.83. The van der Waals surface area contributed by atoms with Crippen molar-refractivity contribution in [1.82, 2.24) is 9.97 Å². The summed E-state index contributed by atoms with van der Waals surface area (Å²) in [6.45, 7) is 0. The molecule has 0 bridgehead atoms. The van der Waals surface area contributed by atoms with Crippen LogP contribution in [0.1, 0.15) is 5.56 Å². The summed E-state index contributed by atoms with van der Waals surface area (Å²) < 4.78 is 37.7. The Hall–Kier alpha value is -1.82. The highest BCUT2D eigenvalue weighted by Crippen LogP contribution is 2.33. The number of aromatic nitrogens is 2. The Balaban J connectivity index is 2.51. The number of nitrogens with zero attached hydrogens (tertiary/aromatic N) is 2. The summed E-state index contributed by atoms with van der Waals surface area (Å²) in [4.78, 5) is 7.40. The molecule has 7 heteroatoms. The maximum atomic E-state index is 12.6. The average Bonchev–Trinajstić information content (AvgIpc) is 2.28. The highest BCUT2D eigenvalue weighted by molar-refractivity contribution is 6.32. The van der Waals surface area contributed by atoms with Crippen molar-refractivity contribution >= 4 is 17.5 Å². The number of nitrogen functional groups attached to an aromatic ring is 1. The van der Waals surface area contributed by atoms with E-state index in [4.69, 9.17) is 17.3 Å². The Bertz CT molecular complexity index is 584. The van der Waals surface area contributed by atoms with Crippen LogP contribution >= 0.6 is 11.6 Å². The second-order valence-electron chi connectivity index (χ2n) is 3.51. The van der Waals surface area contributed by atoms with E-state index in [1.165, 1.54) is 18.3 Å². The van der Waals surface area contributed by atoms with Crippen molar-refractivity contribution in [2.24, 2.45) is 0 Å². The third-order valence-corrected chi connectivity index (χ3v) is 2.55. The predicted octanol–water partition coefficient (Wildman–Crippen LogP) is 3.40. The van der Waals surface area contributed by atoms with Gasteiger partial charge in [-0.25, -0.2) is 9.97 Å². The van der Waals surface area contributed by atoms with Crippen molar-refractivity contribution < 1.29 is 13.2 Å². The summed E-state index contributed by atoms with van der Waals surface area (Å²) in [5.74, 6) is -0.0317. The van der Waals surface area contributed by atoms with Gasteiger partial charge in [0.1, 0.15) is 5.15 Å². The molecule has 0 saturated heterocycles. The molecule has 0 spiro atoms. The number of benzene rings is 1. The van der Waals surface area contributed by atoms with Crippen LogP contribution in [0, 0.1) is 0 Å². The maximum absolute atomic E-state index is 12.6. The van der Waals surface area contributed by atoms with Gasteiger partial charge in [-0.05, 0) is 17.7 Å². The van der Waals surface area contributed by atoms with Gasteiger partial charge in [0.15, 0.2) is 0 Å². The highest BCUT2D eigenvalue weighted by Gasteiger charge is 2.30. The Morgan fingerprint density at radius 1 is 1.22 bits per heavy atom. The quantitative estimate of drug-likeness (QED) is 0.810. The summed E-state index contributed by atoms with van der Waals surface area (Å²) in [6.07, 6.45) is -3.11. The molecule has 0 radical (unpaired) electrons. The number of alkyl halides is 3. The molecule has 0 fully saturated rings. The van der Waals surface area contributed by atoms with E-state index in [1.54, 1.807) is 0 Å². The molecule has 0 aliphatic carbocycles. The summed E-state index contributed by atoms with van der Waals surface area (Å²) >= 11 is 5.82. The van der Waals surface area contributed by atoms with Gasteiger partial charge < -0.3 is 5.73 Å². The lowest BCUT2D eigenvalue weighted by Gasteiger charge is -2.09. The van der Waals surface area contributed by atoms with Crippen molar-refractivity contribution in [2.75, 3.05) is 5.73 Å². The van der Waals surface area contributed by atoms with Gasteiger partial charge in [0, 0.05) is 11.8 Å². The van der Waals surface area contributed by atoms with E-state index in [9.17, 15) is 13.2 Å². The zero-order valence-electron chi connectivity index (χ0n) is 8.87. The molecule has 2 rings (SSSR count). The van der Waals surface area contributed by atoms with Crippen LogP contribution in [0.15, 0.2) is 30.5 Å². The standard InChI is InChI=1S/C11H7ClF3N3/c12-9-8(5-17-10(16)18-9)6-2-1-3-7(4-6)11(13,14)15/h1-5H,(H2,16,17,18). The van der Waals surface area contributed by atoms with Gasteiger partial charge in [0.25, 0.3) is 0 Å². The first-order chi connectivity index (χ1) is 8.38. The molecule has 1 aromatic heterocycles. The fourth-order valence-electron chi connectivity index (χ4n) is 1.43. The lowest BCUT2D eigenvalue weighted by molar-refractivity contribution is -0.137. The van der Waals surface area contributed by atoms with E-state index >= 15 is 0 Å². The minimum absolute atomic E-state index is 0.0156. The molecule has 0 atom stereocenters. The van der Waals surface area contributed by atoms with Crippen LogP contribution in [-0.2, 0) is 6.18 Å². The van der Waals surface area contributed by atoms with Crippen molar-refractivity contribution in [2.45, 2.75) is 6.18 Å². The number of hydrogen-bond donors (Lipinski definition) is 1. The number of hydrogen-bond acceptors (Lipinski definition) is 3. The van der Waals surface area contributed by atoms with Crippen LogP contribution in [0.3, 0.4) is 0 Å². The Kier molecular flexibility index (Phi) is 3.13. The normalized spacial score (nSPS) is 11.6. The minimum Gasteiger partial charge on any atom is -0.368 e. The van der Waals surface area contributed by atoms with E-state index in [1.807, 2.05) is 0 Å². The van der Waals surface area contributed by atoms with Crippen LogP contribution in [-0.4, -0.2) is 9.97 Å². The SMILES string of the molecule is Nc1ncc(-c2cccc(C(F)(F)F)c2)c(Cl)n1. The Morgan fingerprint density at radius 3 is 2.56 bits per heavy atom. The number of nitrogens with two attached hydrogens (primary N) is 1. The third kappa shape index (κ3) is 2.53. The molecule has 2 N–H and O–H groups in total. The largest absolute Gasteiger partial charge is 0.416 e. The number of halogens is 4. The molecule has 94 valence electrons. The van der Waals surface area contributed by atoms with Crippen molar-refractivity contribution in [3.05, 3.63) is 41.2 Å². The predicted molar refractivity (Wildman–Crippen MR) is 61.9 cm³/mol. The molecule has 0 aliphatic rings. The maximum Gasteiger partial charge on any atom is 0.416 e. The second-order valence-corrected chi connectivity index (χ2v) is 3.87. The van der Waals surface area contributed by atoms with Crippen LogP contribution in [0.4, 0.5) is 19.1 Å². The van der Waals surface area contributed by atoms with Gasteiger partial charge in [-0.3, -0.25) is 0 Å². The highest BCUT2D eigenvalue weighted by atomic mass is 35.5. The van der Waals surface area contributed by atoms with E-state index in [0.717, 1.165) is 12.1 Å². The molecular weight excluding hydrogens is 267 g/mol.